The van der Waals surface area contributed by atoms with E-state index in [1.54, 1.807) is 48.5 Å². The topological polar surface area (TPSA) is 102 Å². The van der Waals surface area contributed by atoms with Crippen molar-refractivity contribution in [1.29, 1.82) is 0 Å². The molecule has 1 N–H and O–H groups in total. The van der Waals surface area contributed by atoms with E-state index in [1.165, 1.54) is 4.90 Å². The second-order valence-electron chi connectivity index (χ2n) is 15.6. The fourth-order valence-electron chi connectivity index (χ4n) is 5.78. The summed E-state index contributed by atoms with van der Waals surface area (Å²) in [5.41, 5.74) is -0.241. The van der Waals surface area contributed by atoms with Crippen molar-refractivity contribution in [3.63, 3.8) is 0 Å². The van der Waals surface area contributed by atoms with Crippen molar-refractivity contribution in [1.82, 2.24) is 4.90 Å². The number of carbonyl (C=O) groups is 2. The van der Waals surface area contributed by atoms with Gasteiger partial charge in [-0.15, -0.1) is 0 Å². The van der Waals surface area contributed by atoms with Crippen LogP contribution in [0.1, 0.15) is 54.9 Å². The molecule has 8 nitrogen and oxygen atoms in total. The SMILES string of the molecule is C[C@@H](O[Si](C)(C)C(C)(C)C)[C@H]1C(=O)N2C(C(=O)O)=C(OP(=O)(c3ccccc3)c3ccccc3)[C@H](CCO[Si](C)(C)C(C)(C)C)[C@@H]12. The van der Waals surface area contributed by atoms with E-state index >= 15 is 4.57 Å². The number of β-lactam (4-membered cyclic amide) rings is 1. The predicted molar refractivity (Wildman–Crippen MR) is 189 cm³/mol. The molecule has 0 saturated carbocycles. The minimum atomic E-state index is -3.84. The fourth-order valence-corrected chi connectivity index (χ4v) is 10.4. The highest BCUT2D eigenvalue weighted by atomic mass is 31.2. The van der Waals surface area contributed by atoms with Crippen LogP contribution < -0.4 is 10.6 Å². The van der Waals surface area contributed by atoms with Gasteiger partial charge < -0.3 is 18.5 Å². The number of nitrogens with zero attached hydrogens (tertiary/aromatic N) is 1. The van der Waals surface area contributed by atoms with Gasteiger partial charge in [0.05, 0.1) is 28.7 Å². The summed E-state index contributed by atoms with van der Waals surface area (Å²) in [5.74, 6) is -2.65. The van der Waals surface area contributed by atoms with Gasteiger partial charge in [0, 0.05) is 12.5 Å². The number of benzene rings is 2. The highest BCUT2D eigenvalue weighted by Gasteiger charge is 2.63. The number of carboxylic acid groups (broad SMARTS) is 1. The molecule has 2 aliphatic heterocycles. The van der Waals surface area contributed by atoms with Crippen LogP contribution in [0.25, 0.3) is 0 Å². The number of carboxylic acids is 1. The molecule has 0 spiro atoms. The molecule has 2 heterocycles. The lowest BCUT2D eigenvalue weighted by atomic mass is 9.77. The van der Waals surface area contributed by atoms with Gasteiger partial charge >= 0.3 is 13.3 Å². The Morgan fingerprint density at radius 2 is 1.37 bits per heavy atom. The zero-order chi connectivity index (χ0) is 34.5. The molecule has 1 amide bonds. The van der Waals surface area contributed by atoms with Gasteiger partial charge in [-0.1, -0.05) is 77.9 Å². The number of hydrogen-bond donors (Lipinski definition) is 1. The summed E-state index contributed by atoms with van der Waals surface area (Å²) in [6.45, 7) is 23.9. The van der Waals surface area contributed by atoms with Crippen LogP contribution in [-0.2, 0) is 27.5 Å². The minimum Gasteiger partial charge on any atom is -0.476 e. The summed E-state index contributed by atoms with van der Waals surface area (Å²) in [7, 11) is -8.24. The Balaban J connectivity index is 1.80. The molecule has 0 unspecified atom stereocenters. The molecule has 2 aromatic carbocycles. The van der Waals surface area contributed by atoms with Crippen LogP contribution >= 0.6 is 7.37 Å². The molecular formula is C35H52NO7PSi2. The Labute approximate surface area is 277 Å². The first-order valence-electron chi connectivity index (χ1n) is 16.2. The summed E-state index contributed by atoms with van der Waals surface area (Å²) < 4.78 is 35.0. The van der Waals surface area contributed by atoms with E-state index in [-0.39, 0.29) is 27.4 Å². The third-order valence-electron chi connectivity index (χ3n) is 10.5. The van der Waals surface area contributed by atoms with Gasteiger partial charge in [0.2, 0.25) is 5.91 Å². The van der Waals surface area contributed by atoms with Crippen LogP contribution in [0, 0.1) is 11.8 Å². The van der Waals surface area contributed by atoms with Crippen molar-refractivity contribution in [2.75, 3.05) is 6.61 Å². The molecule has 0 bridgehead atoms. The normalized spacial score (nSPS) is 21.6. The first kappa shape index (κ1) is 36.3. The summed E-state index contributed by atoms with van der Waals surface area (Å²) in [6.07, 6.45) is -0.0390. The van der Waals surface area contributed by atoms with Crippen LogP contribution in [0.5, 0.6) is 0 Å². The van der Waals surface area contributed by atoms with Crippen LogP contribution in [0.2, 0.25) is 36.3 Å². The second-order valence-corrected chi connectivity index (χ2v) is 27.5. The zero-order valence-electron chi connectivity index (χ0n) is 29.3. The highest BCUT2D eigenvalue weighted by Crippen LogP contribution is 2.56. The Morgan fingerprint density at radius 3 is 1.80 bits per heavy atom. The average Bonchev–Trinajstić information content (AvgIpc) is 3.21. The third-order valence-corrected chi connectivity index (χ3v) is 22.0. The number of carbonyl (C=O) groups excluding carboxylic acids is 1. The van der Waals surface area contributed by atoms with E-state index < -0.39 is 54.0 Å². The molecule has 4 atom stereocenters. The minimum absolute atomic E-state index is 0.0209. The number of amides is 1. The van der Waals surface area contributed by atoms with Gasteiger partial charge in [0.15, 0.2) is 22.3 Å². The van der Waals surface area contributed by atoms with E-state index in [1.807, 2.05) is 19.1 Å². The van der Waals surface area contributed by atoms with Crippen LogP contribution in [0.3, 0.4) is 0 Å². The number of fused-ring (bicyclic) bond motifs is 1. The molecule has 0 radical (unpaired) electrons. The predicted octanol–water partition coefficient (Wildman–Crippen LogP) is 7.51. The van der Waals surface area contributed by atoms with Crippen molar-refractivity contribution in [3.8, 4) is 0 Å². The van der Waals surface area contributed by atoms with Gasteiger partial charge in [-0.3, -0.25) is 14.3 Å². The first-order valence-corrected chi connectivity index (χ1v) is 23.6. The molecule has 11 heteroatoms. The largest absolute Gasteiger partial charge is 0.476 e. The highest BCUT2D eigenvalue weighted by molar-refractivity contribution is 7.74. The van der Waals surface area contributed by atoms with Crippen molar-refractivity contribution in [3.05, 3.63) is 72.1 Å². The van der Waals surface area contributed by atoms with Crippen LogP contribution in [0.15, 0.2) is 72.1 Å². The quantitative estimate of drug-likeness (QED) is 0.140. The van der Waals surface area contributed by atoms with Crippen LogP contribution in [-0.4, -0.2) is 57.3 Å². The average molecular weight is 686 g/mol. The summed E-state index contributed by atoms with van der Waals surface area (Å²) in [5, 5.41) is 11.4. The number of aliphatic carboxylic acids is 1. The second kappa shape index (κ2) is 12.8. The van der Waals surface area contributed by atoms with Gasteiger partial charge in [0.25, 0.3) is 0 Å². The van der Waals surface area contributed by atoms with Gasteiger partial charge in [0.1, 0.15) is 5.76 Å². The Hall–Kier alpha value is -2.50. The standard InChI is InChI=1S/C35H52NO7PSi2/c1-24(43-46(10,11)35(5,6)7)28-29-27(22-23-41-45(8,9)34(2,3)4)31(30(33(38)39)36(29)32(28)37)42-44(40,25-18-14-12-15-19-25)26-20-16-13-17-21-26/h12-21,24,27-29H,22-23H2,1-11H3,(H,38,39)/t24-,27-,28-,29+/m1/s1. The van der Waals surface area contributed by atoms with E-state index in [9.17, 15) is 14.7 Å². The maximum Gasteiger partial charge on any atom is 0.356 e. The molecule has 0 aliphatic carbocycles. The lowest BCUT2D eigenvalue weighted by molar-refractivity contribution is -0.163. The molecule has 4 rings (SSSR count). The first-order chi connectivity index (χ1) is 21.1. The monoisotopic (exact) mass is 685 g/mol. The van der Waals surface area contributed by atoms with Crippen molar-refractivity contribution >= 4 is 46.5 Å². The zero-order valence-corrected chi connectivity index (χ0v) is 32.2. The van der Waals surface area contributed by atoms with Gasteiger partial charge in [-0.2, -0.15) is 0 Å². The molecule has 2 aromatic rings. The summed E-state index contributed by atoms with van der Waals surface area (Å²) >= 11 is 0. The number of hydrogen-bond acceptors (Lipinski definition) is 6. The number of rotatable bonds is 12. The maximum atomic E-state index is 15.1. The van der Waals surface area contributed by atoms with Gasteiger partial charge in [-0.05, 0) is 73.9 Å². The molecular weight excluding hydrogens is 634 g/mol. The Kier molecular flexibility index (Phi) is 10.1. The molecule has 1 fully saturated rings. The molecule has 2 aliphatic rings. The van der Waals surface area contributed by atoms with E-state index in [4.69, 9.17) is 13.4 Å². The lowest BCUT2D eigenvalue weighted by Crippen LogP contribution is -2.65. The van der Waals surface area contributed by atoms with E-state index in [0.29, 0.717) is 23.6 Å². The smallest absolute Gasteiger partial charge is 0.356 e. The van der Waals surface area contributed by atoms with E-state index in [0.717, 1.165) is 0 Å². The molecule has 0 aromatic heterocycles. The summed E-state index contributed by atoms with van der Waals surface area (Å²) in [4.78, 5) is 28.2. The third kappa shape index (κ3) is 6.74. The van der Waals surface area contributed by atoms with E-state index in [2.05, 4.69) is 67.7 Å². The Morgan fingerprint density at radius 1 is 0.891 bits per heavy atom. The summed E-state index contributed by atoms with van der Waals surface area (Å²) in [6, 6.07) is 17.2. The maximum absolute atomic E-state index is 15.1. The molecule has 252 valence electrons. The van der Waals surface area contributed by atoms with Crippen molar-refractivity contribution in [2.24, 2.45) is 11.8 Å². The fraction of sp³-hybridized carbons (Fsp3) is 0.543. The molecule has 46 heavy (non-hydrogen) atoms. The molecule has 1 saturated heterocycles. The van der Waals surface area contributed by atoms with Crippen LogP contribution in [0.4, 0.5) is 0 Å². The van der Waals surface area contributed by atoms with Crippen molar-refractivity contribution in [2.45, 2.75) is 103 Å². The Bertz CT molecular complexity index is 1470. The lowest BCUT2D eigenvalue weighted by Gasteiger charge is -2.50. The van der Waals surface area contributed by atoms with Gasteiger partial charge in [-0.25, -0.2) is 4.79 Å². The van der Waals surface area contributed by atoms with Crippen molar-refractivity contribution < 1.29 is 32.6 Å².